The van der Waals surface area contributed by atoms with Crippen LogP contribution in [0.15, 0.2) is 0 Å². The second-order valence-electron chi connectivity index (χ2n) is 6.84. The number of carbonyl (C=O) groups excluding carboxylic acids is 4. The minimum Gasteiger partial charge on any atom is -0.353 e. The lowest BCUT2D eigenvalue weighted by atomic mass is 9.67. The van der Waals surface area contributed by atoms with Crippen molar-refractivity contribution < 1.29 is 19.2 Å². The second-order valence-corrected chi connectivity index (χ2v) is 6.84. The number of carbonyl (C=O) groups is 4. The predicted molar refractivity (Wildman–Crippen MR) is 93.6 cm³/mol. The van der Waals surface area contributed by atoms with Gasteiger partial charge in [-0.3, -0.25) is 14.4 Å². The van der Waals surface area contributed by atoms with E-state index in [1.165, 1.54) is 0 Å². The molecule has 0 aliphatic heterocycles. The molecule has 25 heavy (non-hydrogen) atoms. The smallest absolute Gasteiger partial charge is 0.312 e. The van der Waals surface area contributed by atoms with E-state index in [-0.39, 0.29) is 23.6 Å². The van der Waals surface area contributed by atoms with Gasteiger partial charge in [-0.15, -0.1) is 0 Å². The first-order valence-electron chi connectivity index (χ1n) is 8.91. The van der Waals surface area contributed by atoms with Crippen LogP contribution in [0.2, 0.25) is 0 Å². The Hall–Kier alpha value is -2.12. The summed E-state index contributed by atoms with van der Waals surface area (Å²) in [6.07, 6.45) is 2.99. The van der Waals surface area contributed by atoms with Crippen molar-refractivity contribution in [1.82, 2.24) is 16.0 Å². The SMILES string of the molecule is CCC(=O)C(CCCNC(N)=O)NC(=O)C1(C(=O)NC(C)C)CCC1. The van der Waals surface area contributed by atoms with Crippen molar-refractivity contribution in [2.75, 3.05) is 6.54 Å². The lowest BCUT2D eigenvalue weighted by molar-refractivity contribution is -0.151. The van der Waals surface area contributed by atoms with Crippen LogP contribution in [0.4, 0.5) is 4.79 Å². The molecule has 5 N–H and O–H groups in total. The summed E-state index contributed by atoms with van der Waals surface area (Å²) >= 11 is 0. The molecule has 4 amide bonds. The molecular weight excluding hydrogens is 324 g/mol. The van der Waals surface area contributed by atoms with Crippen LogP contribution in [0.3, 0.4) is 0 Å². The van der Waals surface area contributed by atoms with Crippen LogP contribution in [-0.2, 0) is 14.4 Å². The van der Waals surface area contributed by atoms with E-state index in [9.17, 15) is 19.2 Å². The van der Waals surface area contributed by atoms with Crippen LogP contribution in [0, 0.1) is 5.41 Å². The molecule has 0 radical (unpaired) electrons. The molecule has 0 bridgehead atoms. The maximum absolute atomic E-state index is 12.7. The second kappa shape index (κ2) is 9.39. The van der Waals surface area contributed by atoms with Gasteiger partial charge in [-0.2, -0.15) is 0 Å². The number of rotatable bonds is 10. The number of nitrogens with one attached hydrogen (secondary N) is 3. The Morgan fingerprint density at radius 3 is 2.12 bits per heavy atom. The monoisotopic (exact) mass is 354 g/mol. The topological polar surface area (TPSA) is 130 Å². The minimum absolute atomic E-state index is 0.0503. The van der Waals surface area contributed by atoms with E-state index in [2.05, 4.69) is 16.0 Å². The van der Waals surface area contributed by atoms with Crippen LogP contribution >= 0.6 is 0 Å². The summed E-state index contributed by atoms with van der Waals surface area (Å²) in [4.78, 5) is 48.0. The van der Waals surface area contributed by atoms with E-state index in [4.69, 9.17) is 5.73 Å². The molecule has 0 heterocycles. The molecule has 1 unspecified atom stereocenters. The van der Waals surface area contributed by atoms with Crippen molar-refractivity contribution in [3.8, 4) is 0 Å². The molecule has 142 valence electrons. The number of amides is 4. The molecule has 1 atom stereocenters. The standard InChI is InChI=1S/C17H30N4O4/c1-4-13(22)12(7-5-10-19-16(18)25)21-15(24)17(8-6-9-17)14(23)20-11(2)3/h11-12H,4-10H2,1-3H3,(H,20,23)(H,21,24)(H3,18,19,25). The molecule has 0 saturated heterocycles. The largest absolute Gasteiger partial charge is 0.353 e. The molecule has 0 aromatic rings. The van der Waals surface area contributed by atoms with Gasteiger partial charge in [0.2, 0.25) is 11.8 Å². The lowest BCUT2D eigenvalue weighted by Gasteiger charge is -2.39. The van der Waals surface area contributed by atoms with Gasteiger partial charge in [0.05, 0.1) is 6.04 Å². The molecule has 1 aliphatic rings. The van der Waals surface area contributed by atoms with Crippen molar-refractivity contribution >= 4 is 23.6 Å². The van der Waals surface area contributed by atoms with Crippen molar-refractivity contribution in [2.45, 2.75) is 71.4 Å². The van der Waals surface area contributed by atoms with Gasteiger partial charge in [-0.25, -0.2) is 4.79 Å². The summed E-state index contributed by atoms with van der Waals surface area (Å²) in [5.41, 5.74) is 3.93. The highest BCUT2D eigenvalue weighted by Gasteiger charge is 2.51. The Kier molecular flexibility index (Phi) is 7.86. The zero-order chi connectivity index (χ0) is 19.0. The summed E-state index contributed by atoms with van der Waals surface area (Å²) in [5.74, 6) is -0.748. The Balaban J connectivity index is 2.70. The maximum Gasteiger partial charge on any atom is 0.312 e. The number of Topliss-reactive ketones (excluding diaryl/α,β-unsaturated/α-hetero) is 1. The van der Waals surface area contributed by atoms with Gasteiger partial charge in [-0.05, 0) is 39.5 Å². The molecule has 0 spiro atoms. The molecule has 8 heteroatoms. The van der Waals surface area contributed by atoms with Crippen LogP contribution in [-0.4, -0.2) is 42.3 Å². The highest BCUT2D eigenvalue weighted by atomic mass is 16.2. The fraction of sp³-hybridized carbons (Fsp3) is 0.765. The van der Waals surface area contributed by atoms with E-state index < -0.39 is 17.5 Å². The third-order valence-corrected chi connectivity index (χ3v) is 4.51. The van der Waals surface area contributed by atoms with Gasteiger partial charge in [0, 0.05) is 19.0 Å². The number of hydrogen-bond donors (Lipinski definition) is 4. The quantitative estimate of drug-likeness (QED) is 0.338. The fourth-order valence-electron chi connectivity index (χ4n) is 2.86. The van der Waals surface area contributed by atoms with E-state index in [1.807, 2.05) is 13.8 Å². The van der Waals surface area contributed by atoms with Crippen molar-refractivity contribution in [2.24, 2.45) is 11.1 Å². The summed E-state index contributed by atoms with van der Waals surface area (Å²) < 4.78 is 0. The number of primary amides is 1. The Morgan fingerprint density at radius 2 is 1.68 bits per heavy atom. The van der Waals surface area contributed by atoms with Gasteiger partial charge in [0.1, 0.15) is 5.41 Å². The summed E-state index contributed by atoms with van der Waals surface area (Å²) in [5, 5.41) is 8.02. The molecule has 1 aliphatic carbocycles. The normalized spacial score (nSPS) is 16.5. The third kappa shape index (κ3) is 5.72. The first-order chi connectivity index (χ1) is 11.7. The van der Waals surface area contributed by atoms with Gasteiger partial charge in [0.15, 0.2) is 5.78 Å². The first kappa shape index (κ1) is 20.9. The molecule has 0 aromatic carbocycles. The molecule has 0 aromatic heterocycles. The minimum atomic E-state index is -1.07. The Morgan fingerprint density at radius 1 is 1.08 bits per heavy atom. The maximum atomic E-state index is 12.7. The molecular formula is C17H30N4O4. The zero-order valence-electron chi connectivity index (χ0n) is 15.3. The summed E-state index contributed by atoms with van der Waals surface area (Å²) in [6, 6.07) is -1.33. The van der Waals surface area contributed by atoms with E-state index in [1.54, 1.807) is 6.92 Å². The average molecular weight is 354 g/mol. The van der Waals surface area contributed by atoms with Crippen LogP contribution < -0.4 is 21.7 Å². The Bertz CT molecular complexity index is 515. The van der Waals surface area contributed by atoms with Gasteiger partial charge < -0.3 is 21.7 Å². The zero-order valence-corrected chi connectivity index (χ0v) is 15.3. The number of urea groups is 1. The number of nitrogens with two attached hydrogens (primary N) is 1. The number of ketones is 1. The summed E-state index contributed by atoms with van der Waals surface area (Å²) in [6.45, 7) is 5.75. The first-order valence-corrected chi connectivity index (χ1v) is 8.91. The van der Waals surface area contributed by atoms with Gasteiger partial charge in [-0.1, -0.05) is 13.3 Å². The highest BCUT2D eigenvalue weighted by molar-refractivity contribution is 6.07. The van der Waals surface area contributed by atoms with Gasteiger partial charge >= 0.3 is 6.03 Å². The van der Waals surface area contributed by atoms with Crippen molar-refractivity contribution in [3.05, 3.63) is 0 Å². The van der Waals surface area contributed by atoms with Crippen molar-refractivity contribution in [3.63, 3.8) is 0 Å². The van der Waals surface area contributed by atoms with Crippen LogP contribution in [0.25, 0.3) is 0 Å². The van der Waals surface area contributed by atoms with Crippen molar-refractivity contribution in [1.29, 1.82) is 0 Å². The van der Waals surface area contributed by atoms with Gasteiger partial charge in [0.25, 0.3) is 0 Å². The fourth-order valence-corrected chi connectivity index (χ4v) is 2.86. The predicted octanol–water partition coefficient (Wildman–Crippen LogP) is 0.594. The Labute approximate surface area is 148 Å². The highest BCUT2D eigenvalue weighted by Crippen LogP contribution is 2.41. The molecule has 1 rings (SSSR count). The molecule has 1 saturated carbocycles. The third-order valence-electron chi connectivity index (χ3n) is 4.51. The number of hydrogen-bond acceptors (Lipinski definition) is 4. The molecule has 1 fully saturated rings. The average Bonchev–Trinajstić information content (AvgIpc) is 2.47. The lowest BCUT2D eigenvalue weighted by Crippen LogP contribution is -2.58. The summed E-state index contributed by atoms with van der Waals surface area (Å²) in [7, 11) is 0. The van der Waals surface area contributed by atoms with E-state index >= 15 is 0 Å². The van der Waals surface area contributed by atoms with Crippen LogP contribution in [0.5, 0.6) is 0 Å². The van der Waals surface area contributed by atoms with Crippen LogP contribution in [0.1, 0.15) is 59.3 Å². The molecule has 8 nitrogen and oxygen atoms in total. The van der Waals surface area contributed by atoms with E-state index in [0.29, 0.717) is 38.6 Å². The van der Waals surface area contributed by atoms with E-state index in [0.717, 1.165) is 6.42 Å².